The van der Waals surface area contributed by atoms with E-state index in [9.17, 15) is 4.79 Å². The van der Waals surface area contributed by atoms with Gasteiger partial charge in [0.15, 0.2) is 0 Å². The number of benzene rings is 1. The molecule has 1 amide bonds. The number of piperidine rings is 1. The zero-order chi connectivity index (χ0) is 11.2. The smallest absolute Gasteiger partial charge is 0.220 e. The van der Waals surface area contributed by atoms with Gasteiger partial charge in [-0.05, 0) is 30.4 Å². The maximum atomic E-state index is 11.5. The van der Waals surface area contributed by atoms with Gasteiger partial charge in [0.1, 0.15) is 0 Å². The van der Waals surface area contributed by atoms with Crippen molar-refractivity contribution in [3.8, 4) is 0 Å². The van der Waals surface area contributed by atoms with Crippen LogP contribution in [-0.4, -0.2) is 11.9 Å². The number of hydrogen-bond acceptors (Lipinski definition) is 1. The first kappa shape index (κ1) is 9.88. The normalized spacial score (nSPS) is 32.6. The molecule has 1 N–H and O–H groups in total. The molecular formula is C14H17NO. The van der Waals surface area contributed by atoms with Gasteiger partial charge in [-0.25, -0.2) is 0 Å². The highest BCUT2D eigenvalue weighted by Crippen LogP contribution is 2.42. The van der Waals surface area contributed by atoms with Gasteiger partial charge in [-0.1, -0.05) is 31.2 Å². The van der Waals surface area contributed by atoms with E-state index in [0.29, 0.717) is 12.5 Å². The average Bonchev–Trinajstić information content (AvgIpc) is 2.31. The Labute approximate surface area is 96.1 Å². The van der Waals surface area contributed by atoms with Crippen LogP contribution in [0.25, 0.3) is 0 Å². The maximum Gasteiger partial charge on any atom is 0.220 e. The van der Waals surface area contributed by atoms with Gasteiger partial charge >= 0.3 is 0 Å². The molecule has 0 saturated carbocycles. The number of fused-ring (bicyclic) bond motifs is 3. The van der Waals surface area contributed by atoms with Crippen LogP contribution in [-0.2, 0) is 16.6 Å². The van der Waals surface area contributed by atoms with Crippen LogP contribution >= 0.6 is 0 Å². The van der Waals surface area contributed by atoms with Gasteiger partial charge in [0, 0.05) is 17.9 Å². The summed E-state index contributed by atoms with van der Waals surface area (Å²) in [6, 6.07) is 9.03. The van der Waals surface area contributed by atoms with E-state index in [2.05, 4.69) is 36.5 Å². The molecule has 1 unspecified atom stereocenters. The Bertz CT molecular complexity index is 440. The standard InChI is InChI=1S/C14H17NO/c1-14-9-8-13(16)15-12(14)7-6-10-4-2-3-5-11(10)14/h2-5,12H,6-9H2,1H3,(H,15,16)/t12?,14-/m1/s1. The third kappa shape index (κ3) is 1.29. The fraction of sp³-hybridized carbons (Fsp3) is 0.500. The van der Waals surface area contributed by atoms with Crippen molar-refractivity contribution in [1.29, 1.82) is 0 Å². The zero-order valence-corrected chi connectivity index (χ0v) is 9.62. The number of rotatable bonds is 0. The fourth-order valence-electron chi connectivity index (χ4n) is 3.28. The SMILES string of the molecule is C[C@]12CCC(=O)NC1CCc1ccccc12. The highest BCUT2D eigenvalue weighted by molar-refractivity contribution is 5.78. The topological polar surface area (TPSA) is 29.1 Å². The Hall–Kier alpha value is -1.31. The Kier molecular flexibility index (Phi) is 2.06. The van der Waals surface area contributed by atoms with Crippen LogP contribution < -0.4 is 5.32 Å². The molecule has 1 aromatic carbocycles. The fourth-order valence-corrected chi connectivity index (χ4v) is 3.28. The third-order valence-corrected chi connectivity index (χ3v) is 4.31. The number of amides is 1. The van der Waals surface area contributed by atoms with Gasteiger partial charge in [-0.15, -0.1) is 0 Å². The molecule has 1 fully saturated rings. The largest absolute Gasteiger partial charge is 0.352 e. The van der Waals surface area contributed by atoms with E-state index in [1.807, 2.05) is 0 Å². The molecule has 0 bridgehead atoms. The molecule has 3 rings (SSSR count). The number of carbonyl (C=O) groups excluding carboxylic acids is 1. The van der Waals surface area contributed by atoms with E-state index in [-0.39, 0.29) is 11.3 Å². The average molecular weight is 215 g/mol. The maximum absolute atomic E-state index is 11.5. The van der Waals surface area contributed by atoms with E-state index in [0.717, 1.165) is 19.3 Å². The van der Waals surface area contributed by atoms with Crippen molar-refractivity contribution >= 4 is 5.91 Å². The van der Waals surface area contributed by atoms with E-state index >= 15 is 0 Å². The Morgan fingerprint density at radius 2 is 2.12 bits per heavy atom. The quantitative estimate of drug-likeness (QED) is 0.706. The number of hydrogen-bond donors (Lipinski definition) is 1. The summed E-state index contributed by atoms with van der Waals surface area (Å²) in [6.07, 6.45) is 3.83. The minimum absolute atomic E-state index is 0.156. The van der Waals surface area contributed by atoms with Crippen molar-refractivity contribution in [2.45, 2.75) is 44.1 Å². The molecule has 1 aliphatic heterocycles. The Balaban J connectivity index is 2.07. The lowest BCUT2D eigenvalue weighted by molar-refractivity contribution is -0.125. The molecule has 2 atom stereocenters. The van der Waals surface area contributed by atoms with Crippen molar-refractivity contribution in [3.63, 3.8) is 0 Å². The van der Waals surface area contributed by atoms with Gasteiger partial charge < -0.3 is 5.32 Å². The molecule has 16 heavy (non-hydrogen) atoms. The molecule has 1 aliphatic carbocycles. The lowest BCUT2D eigenvalue weighted by atomic mass is 9.64. The first-order chi connectivity index (χ1) is 7.70. The second kappa shape index (κ2) is 3.34. The van der Waals surface area contributed by atoms with Crippen LogP contribution in [0.3, 0.4) is 0 Å². The van der Waals surface area contributed by atoms with Crippen molar-refractivity contribution < 1.29 is 4.79 Å². The summed E-state index contributed by atoms with van der Waals surface area (Å²) >= 11 is 0. The van der Waals surface area contributed by atoms with Gasteiger partial charge in [0.05, 0.1) is 0 Å². The second-order valence-electron chi connectivity index (χ2n) is 5.23. The lowest BCUT2D eigenvalue weighted by Crippen LogP contribution is -2.55. The predicted molar refractivity (Wildman–Crippen MR) is 63.3 cm³/mol. The lowest BCUT2D eigenvalue weighted by Gasteiger charge is -2.46. The van der Waals surface area contributed by atoms with E-state index in [1.165, 1.54) is 11.1 Å². The monoisotopic (exact) mass is 215 g/mol. The summed E-state index contributed by atoms with van der Waals surface area (Å²) in [5.74, 6) is 0.224. The minimum atomic E-state index is 0.156. The number of nitrogens with one attached hydrogen (secondary N) is 1. The third-order valence-electron chi connectivity index (χ3n) is 4.31. The summed E-state index contributed by atoms with van der Waals surface area (Å²) in [7, 11) is 0. The van der Waals surface area contributed by atoms with Crippen LogP contribution in [0.2, 0.25) is 0 Å². The van der Waals surface area contributed by atoms with Crippen LogP contribution in [0, 0.1) is 0 Å². The summed E-state index contributed by atoms with van der Waals surface area (Å²) in [4.78, 5) is 11.5. The van der Waals surface area contributed by atoms with Crippen molar-refractivity contribution in [1.82, 2.24) is 5.32 Å². The van der Waals surface area contributed by atoms with Crippen molar-refractivity contribution in [2.75, 3.05) is 0 Å². The van der Waals surface area contributed by atoms with Crippen molar-refractivity contribution in [2.24, 2.45) is 0 Å². The Morgan fingerprint density at radius 3 is 3.00 bits per heavy atom. The molecule has 1 heterocycles. The zero-order valence-electron chi connectivity index (χ0n) is 9.62. The summed E-state index contributed by atoms with van der Waals surface area (Å²) < 4.78 is 0. The van der Waals surface area contributed by atoms with Crippen LogP contribution in [0.4, 0.5) is 0 Å². The number of carbonyl (C=O) groups is 1. The molecule has 2 nitrogen and oxygen atoms in total. The van der Waals surface area contributed by atoms with E-state index < -0.39 is 0 Å². The van der Waals surface area contributed by atoms with Gasteiger partial charge in [-0.2, -0.15) is 0 Å². The highest BCUT2D eigenvalue weighted by atomic mass is 16.1. The summed E-state index contributed by atoms with van der Waals surface area (Å²) in [5, 5.41) is 3.16. The van der Waals surface area contributed by atoms with Crippen molar-refractivity contribution in [3.05, 3.63) is 35.4 Å². The minimum Gasteiger partial charge on any atom is -0.352 e. The second-order valence-corrected chi connectivity index (χ2v) is 5.23. The first-order valence-electron chi connectivity index (χ1n) is 6.08. The molecule has 2 heteroatoms. The van der Waals surface area contributed by atoms with Gasteiger partial charge in [0.25, 0.3) is 0 Å². The van der Waals surface area contributed by atoms with Crippen LogP contribution in [0.15, 0.2) is 24.3 Å². The Morgan fingerprint density at radius 1 is 1.31 bits per heavy atom. The molecule has 2 aliphatic rings. The molecular weight excluding hydrogens is 198 g/mol. The van der Waals surface area contributed by atoms with Crippen LogP contribution in [0.5, 0.6) is 0 Å². The molecule has 0 aromatic heterocycles. The summed E-state index contributed by atoms with van der Waals surface area (Å²) in [5.41, 5.74) is 3.08. The van der Waals surface area contributed by atoms with E-state index in [1.54, 1.807) is 0 Å². The van der Waals surface area contributed by atoms with Gasteiger partial charge in [0.2, 0.25) is 5.91 Å². The van der Waals surface area contributed by atoms with E-state index in [4.69, 9.17) is 0 Å². The molecule has 1 aromatic rings. The number of aryl methyl sites for hydroxylation is 1. The molecule has 0 radical (unpaired) electrons. The highest BCUT2D eigenvalue weighted by Gasteiger charge is 2.43. The molecule has 1 saturated heterocycles. The summed E-state index contributed by atoms with van der Waals surface area (Å²) in [6.45, 7) is 2.30. The van der Waals surface area contributed by atoms with Crippen LogP contribution in [0.1, 0.15) is 37.3 Å². The molecule has 84 valence electrons. The predicted octanol–water partition coefficient (Wildman–Crippen LogP) is 2.17. The molecule has 0 spiro atoms. The first-order valence-corrected chi connectivity index (χ1v) is 6.08. The van der Waals surface area contributed by atoms with Gasteiger partial charge in [-0.3, -0.25) is 4.79 Å².